The van der Waals surface area contributed by atoms with E-state index in [1.54, 1.807) is 6.92 Å². The molecule has 0 aromatic heterocycles. The Bertz CT molecular complexity index is 626. The van der Waals surface area contributed by atoms with Crippen LogP contribution in [0, 0.1) is 17.3 Å². The van der Waals surface area contributed by atoms with Crippen molar-refractivity contribution in [3.8, 4) is 0 Å². The summed E-state index contributed by atoms with van der Waals surface area (Å²) in [6, 6.07) is 0. The Morgan fingerprint density at radius 2 is 2.00 bits per heavy atom. The molecule has 0 aliphatic heterocycles. The van der Waals surface area contributed by atoms with Crippen molar-refractivity contribution in [2.45, 2.75) is 54.4 Å². The van der Waals surface area contributed by atoms with E-state index < -0.39 is 0 Å². The van der Waals surface area contributed by atoms with Gasteiger partial charge in [0.15, 0.2) is 0 Å². The minimum atomic E-state index is -0.316. The highest BCUT2D eigenvalue weighted by Gasteiger charge is 2.30. The maximum absolute atomic E-state index is 11.5. The smallest absolute Gasteiger partial charge is 0.312 e. The van der Waals surface area contributed by atoms with Crippen LogP contribution in [0.15, 0.2) is 59.3 Å². The zero-order valence-corrected chi connectivity index (χ0v) is 17.0. The molecule has 0 spiro atoms. The molecule has 2 unspecified atom stereocenters. The van der Waals surface area contributed by atoms with Crippen molar-refractivity contribution in [2.24, 2.45) is 17.3 Å². The van der Waals surface area contributed by atoms with Crippen molar-refractivity contribution in [1.29, 1.82) is 0 Å². The highest BCUT2D eigenvalue weighted by atomic mass is 16.5. The molecule has 1 aliphatic rings. The van der Waals surface area contributed by atoms with Crippen LogP contribution in [-0.4, -0.2) is 13.1 Å². The van der Waals surface area contributed by atoms with Crippen LogP contribution in [0.25, 0.3) is 0 Å². The molecule has 0 saturated carbocycles. The summed E-state index contributed by atoms with van der Waals surface area (Å²) in [4.78, 5) is 11.5. The van der Waals surface area contributed by atoms with Gasteiger partial charge in [-0.2, -0.15) is 0 Å². The van der Waals surface area contributed by atoms with E-state index in [9.17, 15) is 4.79 Å². The van der Waals surface area contributed by atoms with Gasteiger partial charge in [0, 0.05) is 0 Å². The number of methoxy groups -OCH3 is 1. The third-order valence-electron chi connectivity index (χ3n) is 5.00. The van der Waals surface area contributed by atoms with Gasteiger partial charge in [0.05, 0.1) is 13.0 Å². The first-order valence-electron chi connectivity index (χ1n) is 9.08. The summed E-state index contributed by atoms with van der Waals surface area (Å²) in [6.45, 7) is 17.1. The summed E-state index contributed by atoms with van der Waals surface area (Å²) in [5.74, 6) is 0.185. The average molecular weight is 343 g/mol. The molecule has 138 valence electrons. The zero-order chi connectivity index (χ0) is 19.2. The first-order chi connectivity index (χ1) is 11.6. The summed E-state index contributed by atoms with van der Waals surface area (Å²) in [5.41, 5.74) is 5.12. The highest BCUT2D eigenvalue weighted by molar-refractivity contribution is 5.75. The molecular weight excluding hydrogens is 308 g/mol. The fourth-order valence-corrected chi connectivity index (χ4v) is 3.70. The molecule has 0 saturated heterocycles. The zero-order valence-electron chi connectivity index (χ0n) is 17.0. The Labute approximate surface area is 154 Å². The molecule has 0 N–H and O–H groups in total. The van der Waals surface area contributed by atoms with E-state index in [0.29, 0.717) is 0 Å². The molecule has 0 fully saturated rings. The molecule has 1 aliphatic carbocycles. The second-order valence-corrected chi connectivity index (χ2v) is 8.01. The quantitative estimate of drug-likeness (QED) is 0.425. The number of ether oxygens (including phenoxy) is 1. The Morgan fingerprint density at radius 1 is 1.36 bits per heavy atom. The van der Waals surface area contributed by atoms with Crippen LogP contribution >= 0.6 is 0 Å². The lowest BCUT2D eigenvalue weighted by Crippen LogP contribution is -2.23. The number of carbonyl (C=O) groups excluding carboxylic acids is 1. The lowest BCUT2D eigenvalue weighted by molar-refractivity contribution is -0.143. The van der Waals surface area contributed by atoms with E-state index in [1.807, 2.05) is 18.2 Å². The Balaban J connectivity index is 2.79. The van der Waals surface area contributed by atoms with Gasteiger partial charge in [0.25, 0.3) is 0 Å². The van der Waals surface area contributed by atoms with E-state index >= 15 is 0 Å². The van der Waals surface area contributed by atoms with E-state index in [4.69, 9.17) is 4.74 Å². The van der Waals surface area contributed by atoms with Crippen LogP contribution in [0.5, 0.6) is 0 Å². The van der Waals surface area contributed by atoms with Gasteiger partial charge in [-0.05, 0) is 56.1 Å². The minimum Gasteiger partial charge on any atom is -0.469 e. The molecule has 0 aromatic carbocycles. The predicted octanol–water partition coefficient (Wildman–Crippen LogP) is 6.18. The summed E-state index contributed by atoms with van der Waals surface area (Å²) in [7, 11) is 1.40. The largest absolute Gasteiger partial charge is 0.469 e. The number of hydrogen-bond donors (Lipinski definition) is 0. The van der Waals surface area contributed by atoms with Crippen molar-refractivity contribution in [3.05, 3.63) is 59.3 Å². The van der Waals surface area contributed by atoms with Gasteiger partial charge < -0.3 is 4.74 Å². The molecule has 0 bridgehead atoms. The maximum Gasteiger partial charge on any atom is 0.312 e. The fraction of sp³-hybridized carbons (Fsp3) is 0.522. The molecule has 0 radical (unpaired) electrons. The normalized spacial score (nSPS) is 22.5. The van der Waals surface area contributed by atoms with Gasteiger partial charge in [0.1, 0.15) is 0 Å². The molecule has 25 heavy (non-hydrogen) atoms. The van der Waals surface area contributed by atoms with Crippen molar-refractivity contribution in [1.82, 2.24) is 0 Å². The number of allylic oxidation sites excluding steroid dienone is 8. The lowest BCUT2D eigenvalue weighted by atomic mass is 9.69. The first kappa shape index (κ1) is 21.2. The molecular formula is C23H34O2. The van der Waals surface area contributed by atoms with Crippen LogP contribution < -0.4 is 0 Å². The van der Waals surface area contributed by atoms with E-state index in [2.05, 4.69) is 53.3 Å². The molecule has 0 amide bonds. The van der Waals surface area contributed by atoms with Crippen molar-refractivity contribution in [2.75, 3.05) is 7.11 Å². The minimum absolute atomic E-state index is 0.235. The molecule has 1 rings (SSSR count). The number of esters is 1. The van der Waals surface area contributed by atoms with Crippen molar-refractivity contribution >= 4 is 5.97 Å². The average Bonchev–Trinajstić information content (AvgIpc) is 2.51. The first-order valence-corrected chi connectivity index (χ1v) is 9.08. The summed E-state index contributed by atoms with van der Waals surface area (Å²) >= 11 is 0. The molecule has 0 heterocycles. The number of hydrogen-bond acceptors (Lipinski definition) is 2. The SMILES string of the molecule is C=C(/C=C/C=C(C)/C=C/C1=C(C)CC(C)CC1(C)C)C(C)C(=O)OC. The Morgan fingerprint density at radius 3 is 2.56 bits per heavy atom. The van der Waals surface area contributed by atoms with Crippen LogP contribution in [-0.2, 0) is 9.53 Å². The van der Waals surface area contributed by atoms with Gasteiger partial charge in [-0.1, -0.05) is 68.9 Å². The monoisotopic (exact) mass is 342 g/mol. The number of rotatable bonds is 6. The van der Waals surface area contributed by atoms with Crippen LogP contribution in [0.4, 0.5) is 0 Å². The predicted molar refractivity (Wildman–Crippen MR) is 107 cm³/mol. The summed E-state index contributed by atoms with van der Waals surface area (Å²) in [5, 5.41) is 0. The molecule has 0 aromatic rings. The Hall–Kier alpha value is -1.83. The summed E-state index contributed by atoms with van der Waals surface area (Å²) < 4.78 is 4.74. The molecule has 2 atom stereocenters. The van der Waals surface area contributed by atoms with E-state index in [0.717, 1.165) is 11.5 Å². The van der Waals surface area contributed by atoms with Gasteiger partial charge in [-0.3, -0.25) is 4.79 Å². The van der Waals surface area contributed by atoms with Crippen LogP contribution in [0.1, 0.15) is 54.4 Å². The highest BCUT2D eigenvalue weighted by Crippen LogP contribution is 2.43. The third kappa shape index (κ3) is 6.19. The standard InChI is InChI=1S/C23H34O2/c1-16(10-9-11-18(3)20(5)22(24)25-8)12-13-21-19(4)14-17(2)15-23(21,6)7/h9-13,17,20H,3,14-15H2,1-2,4-8H3/b11-9+,13-12+,16-10+. The summed E-state index contributed by atoms with van der Waals surface area (Å²) in [6.07, 6.45) is 12.7. The lowest BCUT2D eigenvalue weighted by Gasteiger charge is -2.36. The van der Waals surface area contributed by atoms with Crippen molar-refractivity contribution < 1.29 is 9.53 Å². The second kappa shape index (κ2) is 9.03. The van der Waals surface area contributed by atoms with Gasteiger partial charge in [0.2, 0.25) is 0 Å². The number of carbonyl (C=O) groups is 1. The van der Waals surface area contributed by atoms with Crippen LogP contribution in [0.3, 0.4) is 0 Å². The topological polar surface area (TPSA) is 26.3 Å². The van der Waals surface area contributed by atoms with E-state index in [-0.39, 0.29) is 17.3 Å². The van der Waals surface area contributed by atoms with E-state index in [1.165, 1.54) is 36.7 Å². The van der Waals surface area contributed by atoms with Gasteiger partial charge >= 0.3 is 5.97 Å². The maximum atomic E-state index is 11.5. The van der Waals surface area contributed by atoms with Crippen LogP contribution in [0.2, 0.25) is 0 Å². The Kier molecular flexibility index (Phi) is 7.66. The van der Waals surface area contributed by atoms with Crippen molar-refractivity contribution in [3.63, 3.8) is 0 Å². The molecule has 2 nitrogen and oxygen atoms in total. The van der Waals surface area contributed by atoms with Gasteiger partial charge in [-0.25, -0.2) is 0 Å². The second-order valence-electron chi connectivity index (χ2n) is 8.01. The van der Waals surface area contributed by atoms with Gasteiger partial charge in [-0.15, -0.1) is 0 Å². The fourth-order valence-electron chi connectivity index (χ4n) is 3.70. The third-order valence-corrected chi connectivity index (χ3v) is 5.00. The molecule has 2 heteroatoms.